The van der Waals surface area contributed by atoms with Gasteiger partial charge in [0.1, 0.15) is 5.82 Å². The van der Waals surface area contributed by atoms with Crippen LogP contribution in [0.5, 0.6) is 0 Å². The van der Waals surface area contributed by atoms with Gasteiger partial charge in [-0.3, -0.25) is 4.79 Å². The minimum Gasteiger partial charge on any atom is -0.379 e. The van der Waals surface area contributed by atoms with Gasteiger partial charge < -0.3 is 14.6 Å². The number of amides is 1. The fourth-order valence-corrected chi connectivity index (χ4v) is 3.26. The number of hydrogen-bond donors (Lipinski definition) is 1. The topological polar surface area (TPSA) is 71.1 Å². The molecule has 0 saturated carbocycles. The van der Waals surface area contributed by atoms with Crippen LogP contribution in [0.4, 0.5) is 5.69 Å². The maximum Gasteiger partial charge on any atom is 0.260 e. The molecule has 1 atom stereocenters. The zero-order chi connectivity index (χ0) is 16.7. The van der Waals surface area contributed by atoms with E-state index in [1.54, 1.807) is 24.3 Å². The van der Waals surface area contributed by atoms with E-state index in [-0.39, 0.29) is 12.0 Å². The highest BCUT2D eigenvalue weighted by molar-refractivity contribution is 6.12. The number of anilines is 1. The Kier molecular flexibility index (Phi) is 3.54. The minimum absolute atomic E-state index is 0.00955. The van der Waals surface area contributed by atoms with Crippen LogP contribution in [0, 0.1) is 6.92 Å². The first-order valence-electron chi connectivity index (χ1n) is 7.91. The maximum atomic E-state index is 13.2. The van der Waals surface area contributed by atoms with Gasteiger partial charge in [-0.05, 0) is 24.6 Å². The first kappa shape index (κ1) is 14.8. The summed E-state index contributed by atoms with van der Waals surface area (Å²) in [6.07, 6.45) is 2.43. The predicted octanol–water partition coefficient (Wildman–Crippen LogP) is 2.48. The third-order valence-corrected chi connectivity index (χ3v) is 4.44. The molecule has 1 N–H and O–H groups in total. The molecule has 3 heterocycles. The highest BCUT2D eigenvalue weighted by Gasteiger charge is 2.30. The number of para-hydroxylation sites is 1. The van der Waals surface area contributed by atoms with Crippen LogP contribution in [0.3, 0.4) is 0 Å². The van der Waals surface area contributed by atoms with Crippen molar-refractivity contribution in [2.75, 3.05) is 18.6 Å². The Morgan fingerprint density at radius 3 is 3.00 bits per heavy atom. The Bertz CT molecular complexity index is 918. The molecule has 0 spiro atoms. The monoisotopic (exact) mass is 322 g/mol. The van der Waals surface area contributed by atoms with Crippen LogP contribution in [0.25, 0.3) is 11.2 Å². The predicted molar refractivity (Wildman–Crippen MR) is 91.2 cm³/mol. The molecule has 0 saturated heterocycles. The highest BCUT2D eigenvalue weighted by Crippen LogP contribution is 2.30. The lowest BCUT2D eigenvalue weighted by atomic mass is 9.98. The van der Waals surface area contributed by atoms with E-state index in [0.29, 0.717) is 23.3 Å². The van der Waals surface area contributed by atoms with Gasteiger partial charge in [0.25, 0.3) is 5.91 Å². The van der Waals surface area contributed by atoms with Crippen molar-refractivity contribution in [3.8, 4) is 0 Å². The quantitative estimate of drug-likeness (QED) is 0.787. The van der Waals surface area contributed by atoms with Gasteiger partial charge in [-0.2, -0.15) is 0 Å². The number of nitrogens with zero attached hydrogens (tertiary/aromatic N) is 3. The Labute approximate surface area is 139 Å². The summed E-state index contributed by atoms with van der Waals surface area (Å²) in [6, 6.07) is 9.71. The molecule has 1 amide bonds. The van der Waals surface area contributed by atoms with Crippen LogP contribution in [-0.4, -0.2) is 40.6 Å². The highest BCUT2D eigenvalue weighted by atomic mass is 16.5. The maximum absolute atomic E-state index is 13.2. The Morgan fingerprint density at radius 2 is 2.17 bits per heavy atom. The second-order valence-corrected chi connectivity index (χ2v) is 5.99. The third-order valence-electron chi connectivity index (χ3n) is 4.44. The molecule has 2 aromatic heterocycles. The first-order valence-corrected chi connectivity index (χ1v) is 7.91. The molecule has 1 aliphatic heterocycles. The largest absolute Gasteiger partial charge is 0.379 e. The number of hydrogen-bond acceptors (Lipinski definition) is 4. The smallest absolute Gasteiger partial charge is 0.260 e. The van der Waals surface area contributed by atoms with E-state index < -0.39 is 0 Å². The number of imidazole rings is 1. The normalized spacial score (nSPS) is 17.1. The molecule has 4 rings (SSSR count). The van der Waals surface area contributed by atoms with Crippen LogP contribution in [0.2, 0.25) is 0 Å². The van der Waals surface area contributed by atoms with Gasteiger partial charge >= 0.3 is 0 Å². The van der Waals surface area contributed by atoms with Crippen LogP contribution >= 0.6 is 0 Å². The van der Waals surface area contributed by atoms with E-state index in [4.69, 9.17) is 4.74 Å². The summed E-state index contributed by atoms with van der Waals surface area (Å²) >= 11 is 0. The number of fused-ring (bicyclic) bond motifs is 2. The van der Waals surface area contributed by atoms with E-state index >= 15 is 0 Å². The zero-order valence-corrected chi connectivity index (χ0v) is 13.6. The summed E-state index contributed by atoms with van der Waals surface area (Å²) in [6.45, 7) is 2.39. The number of aromatic nitrogens is 3. The third kappa shape index (κ3) is 2.35. The zero-order valence-electron chi connectivity index (χ0n) is 13.6. The molecule has 0 aliphatic carbocycles. The number of carbonyl (C=O) groups excluding carboxylic acids is 1. The molecule has 24 heavy (non-hydrogen) atoms. The number of nitrogens with one attached hydrogen (secondary N) is 1. The van der Waals surface area contributed by atoms with Crippen molar-refractivity contribution in [2.45, 2.75) is 19.4 Å². The summed E-state index contributed by atoms with van der Waals surface area (Å²) in [4.78, 5) is 26.7. The second-order valence-electron chi connectivity index (χ2n) is 5.99. The van der Waals surface area contributed by atoms with Gasteiger partial charge in [0.15, 0.2) is 5.65 Å². The lowest BCUT2D eigenvalue weighted by Gasteiger charge is -2.34. The summed E-state index contributed by atoms with van der Waals surface area (Å²) in [7, 11) is 1.68. The molecule has 6 nitrogen and oxygen atoms in total. The molecule has 0 bridgehead atoms. The van der Waals surface area contributed by atoms with Crippen LogP contribution in [0.1, 0.15) is 21.7 Å². The van der Waals surface area contributed by atoms with E-state index in [1.165, 1.54) is 0 Å². The minimum atomic E-state index is -0.0692. The number of benzene rings is 1. The fraction of sp³-hybridized carbons (Fsp3) is 0.278. The van der Waals surface area contributed by atoms with Crippen molar-refractivity contribution in [1.82, 2.24) is 15.0 Å². The summed E-state index contributed by atoms with van der Waals surface area (Å²) in [5.41, 5.74) is 3.88. The number of rotatable bonds is 2. The van der Waals surface area contributed by atoms with Crippen LogP contribution in [-0.2, 0) is 11.2 Å². The SMILES string of the molecule is COC1Cc2ccccc2N(C(=O)c2ccnc3nc(C)[nH]c23)C1. The molecule has 6 heteroatoms. The van der Waals surface area contributed by atoms with Gasteiger partial charge in [0.2, 0.25) is 0 Å². The molecule has 122 valence electrons. The van der Waals surface area contributed by atoms with Crippen molar-refractivity contribution in [1.29, 1.82) is 0 Å². The molecule has 1 unspecified atom stereocenters. The van der Waals surface area contributed by atoms with Gasteiger partial charge in [0, 0.05) is 25.4 Å². The van der Waals surface area contributed by atoms with E-state index in [0.717, 1.165) is 23.5 Å². The van der Waals surface area contributed by atoms with Gasteiger partial charge in [-0.1, -0.05) is 18.2 Å². The van der Waals surface area contributed by atoms with Gasteiger partial charge in [0.05, 0.1) is 23.7 Å². The molecule has 0 fully saturated rings. The van der Waals surface area contributed by atoms with E-state index in [1.807, 2.05) is 31.2 Å². The summed E-state index contributed by atoms with van der Waals surface area (Å²) in [5.74, 6) is 0.673. The lowest BCUT2D eigenvalue weighted by molar-refractivity contribution is 0.0871. The molecule has 1 aromatic carbocycles. The number of methoxy groups -OCH3 is 1. The number of ether oxygens (including phenoxy) is 1. The van der Waals surface area contributed by atoms with Crippen molar-refractivity contribution in [3.05, 3.63) is 53.5 Å². The first-order chi connectivity index (χ1) is 11.7. The molecule has 1 aliphatic rings. The van der Waals surface area contributed by atoms with Crippen molar-refractivity contribution in [2.24, 2.45) is 0 Å². The average Bonchev–Trinajstić information content (AvgIpc) is 3.00. The molecule has 3 aromatic rings. The van der Waals surface area contributed by atoms with Crippen LogP contribution < -0.4 is 4.90 Å². The second kappa shape index (κ2) is 5.72. The Hall–Kier alpha value is -2.73. The van der Waals surface area contributed by atoms with Crippen LogP contribution in [0.15, 0.2) is 36.5 Å². The van der Waals surface area contributed by atoms with Crippen molar-refractivity contribution < 1.29 is 9.53 Å². The average molecular weight is 322 g/mol. The van der Waals surface area contributed by atoms with E-state index in [2.05, 4.69) is 15.0 Å². The molecular formula is C18H18N4O2. The van der Waals surface area contributed by atoms with Gasteiger partial charge in [-0.25, -0.2) is 9.97 Å². The van der Waals surface area contributed by atoms with Crippen molar-refractivity contribution in [3.63, 3.8) is 0 Å². The number of carbonyl (C=O) groups is 1. The number of aryl methyl sites for hydroxylation is 1. The standard InChI is InChI=1S/C18H18N4O2/c1-11-20-16-14(7-8-19-17(16)21-11)18(23)22-10-13(24-2)9-12-5-3-4-6-15(12)22/h3-8,13H,9-10H2,1-2H3,(H,19,20,21). The summed E-state index contributed by atoms with van der Waals surface area (Å²) < 4.78 is 5.53. The Balaban J connectivity index is 1.81. The number of H-pyrrole nitrogens is 1. The molecule has 0 radical (unpaired) electrons. The fourth-order valence-electron chi connectivity index (χ4n) is 3.26. The van der Waals surface area contributed by atoms with Gasteiger partial charge in [-0.15, -0.1) is 0 Å². The number of pyridine rings is 1. The number of aromatic amines is 1. The van der Waals surface area contributed by atoms with E-state index in [9.17, 15) is 4.79 Å². The lowest BCUT2D eigenvalue weighted by Crippen LogP contribution is -2.43. The Morgan fingerprint density at radius 1 is 1.33 bits per heavy atom. The van der Waals surface area contributed by atoms with Crippen molar-refractivity contribution >= 4 is 22.8 Å². The molecular weight excluding hydrogens is 304 g/mol. The summed E-state index contributed by atoms with van der Waals surface area (Å²) in [5, 5.41) is 0.